The van der Waals surface area contributed by atoms with Gasteiger partial charge in [-0.05, 0) is 23.8 Å². The summed E-state index contributed by atoms with van der Waals surface area (Å²) in [5, 5.41) is 2.72. The lowest BCUT2D eigenvalue weighted by Gasteiger charge is -2.11. The minimum Gasteiger partial charge on any atom is -0.496 e. The minimum absolute atomic E-state index is 0.122. The van der Waals surface area contributed by atoms with E-state index in [1.54, 1.807) is 0 Å². The quantitative estimate of drug-likeness (QED) is 0.371. The van der Waals surface area contributed by atoms with Crippen molar-refractivity contribution < 1.29 is 32.3 Å². The molecule has 0 unspecified atom stereocenters. The molecule has 0 fully saturated rings. The molecule has 0 aliphatic carbocycles. The van der Waals surface area contributed by atoms with Crippen molar-refractivity contribution in [1.29, 1.82) is 0 Å². The Bertz CT molecular complexity index is 1030. The number of esters is 1. The molecular formula is C21H25BrN2O7S. The molecule has 2 amide bonds. The van der Waals surface area contributed by atoms with Crippen LogP contribution in [0, 0.1) is 0 Å². The van der Waals surface area contributed by atoms with Gasteiger partial charge in [0.2, 0.25) is 5.91 Å². The van der Waals surface area contributed by atoms with Crippen LogP contribution in [-0.2, 0) is 36.5 Å². The maximum Gasteiger partial charge on any atom is 0.325 e. The van der Waals surface area contributed by atoms with Gasteiger partial charge in [0.15, 0.2) is 9.84 Å². The SMILES string of the molecule is COc1ccc(C(=O)NCC(=O)OCc2ccccc2)cc1CS(C)(=O)=O.NC(=O)CBr. The molecule has 3 N–H and O–H groups in total. The molecule has 2 rings (SSSR count). The zero-order valence-corrected chi connectivity index (χ0v) is 20.1. The van der Waals surface area contributed by atoms with E-state index in [1.165, 1.54) is 25.3 Å². The van der Waals surface area contributed by atoms with Crippen molar-refractivity contribution >= 4 is 43.6 Å². The van der Waals surface area contributed by atoms with Gasteiger partial charge in [0, 0.05) is 17.4 Å². The van der Waals surface area contributed by atoms with Gasteiger partial charge in [-0.1, -0.05) is 46.3 Å². The Kier molecular flexibility index (Phi) is 11.4. The summed E-state index contributed by atoms with van der Waals surface area (Å²) in [5.74, 6) is -1.29. The van der Waals surface area contributed by atoms with Crippen LogP contribution in [0.15, 0.2) is 48.5 Å². The second-order valence-corrected chi connectivity index (χ2v) is 9.23. The van der Waals surface area contributed by atoms with Gasteiger partial charge in [-0.25, -0.2) is 8.42 Å². The zero-order chi connectivity index (χ0) is 24.1. The number of methoxy groups -OCH3 is 1. The summed E-state index contributed by atoms with van der Waals surface area (Å²) in [5.41, 5.74) is 6.05. The van der Waals surface area contributed by atoms with Crippen molar-refractivity contribution in [3.8, 4) is 5.75 Å². The van der Waals surface area contributed by atoms with Crippen molar-refractivity contribution in [2.24, 2.45) is 5.73 Å². The van der Waals surface area contributed by atoms with Crippen LogP contribution in [0.4, 0.5) is 0 Å². The van der Waals surface area contributed by atoms with Crippen LogP contribution in [0.3, 0.4) is 0 Å². The minimum atomic E-state index is -3.30. The van der Waals surface area contributed by atoms with E-state index in [1.807, 2.05) is 30.3 Å². The van der Waals surface area contributed by atoms with Crippen LogP contribution < -0.4 is 15.8 Å². The highest BCUT2D eigenvalue weighted by Gasteiger charge is 2.15. The number of alkyl halides is 1. The normalized spacial score (nSPS) is 10.3. The van der Waals surface area contributed by atoms with Gasteiger partial charge in [0.05, 0.1) is 18.2 Å². The van der Waals surface area contributed by atoms with Crippen LogP contribution in [0.1, 0.15) is 21.5 Å². The Morgan fingerprint density at radius 1 is 1.09 bits per heavy atom. The van der Waals surface area contributed by atoms with E-state index in [-0.39, 0.29) is 35.7 Å². The summed E-state index contributed by atoms with van der Waals surface area (Å²) in [7, 11) is -1.88. The molecule has 0 aromatic heterocycles. The van der Waals surface area contributed by atoms with Crippen LogP contribution in [0.2, 0.25) is 0 Å². The number of hydrogen-bond donors (Lipinski definition) is 2. The van der Waals surface area contributed by atoms with Crippen LogP contribution in [0.5, 0.6) is 5.75 Å². The first-order valence-corrected chi connectivity index (χ1v) is 12.4. The number of carbonyl (C=O) groups is 3. The van der Waals surface area contributed by atoms with Gasteiger partial charge in [0.1, 0.15) is 18.9 Å². The molecule has 0 aliphatic rings. The van der Waals surface area contributed by atoms with Crippen LogP contribution >= 0.6 is 15.9 Å². The molecule has 0 radical (unpaired) electrons. The lowest BCUT2D eigenvalue weighted by molar-refractivity contribution is -0.143. The average Bonchev–Trinajstić information content (AvgIpc) is 2.76. The van der Waals surface area contributed by atoms with E-state index >= 15 is 0 Å². The van der Waals surface area contributed by atoms with Crippen molar-refractivity contribution in [3.63, 3.8) is 0 Å². The summed E-state index contributed by atoms with van der Waals surface area (Å²) in [4.78, 5) is 33.5. The van der Waals surface area contributed by atoms with Gasteiger partial charge >= 0.3 is 5.97 Å². The van der Waals surface area contributed by atoms with Crippen molar-refractivity contribution in [2.75, 3.05) is 25.2 Å². The Morgan fingerprint density at radius 2 is 1.72 bits per heavy atom. The second kappa shape index (κ2) is 13.5. The lowest BCUT2D eigenvalue weighted by Crippen LogP contribution is -2.30. The maximum atomic E-state index is 12.2. The number of primary amides is 1. The molecule has 0 atom stereocenters. The van der Waals surface area contributed by atoms with Gasteiger partial charge in [-0.15, -0.1) is 0 Å². The number of ether oxygens (including phenoxy) is 2. The Hall–Kier alpha value is -2.92. The maximum absolute atomic E-state index is 12.2. The van der Waals surface area contributed by atoms with E-state index in [9.17, 15) is 22.8 Å². The van der Waals surface area contributed by atoms with Crippen molar-refractivity contribution in [1.82, 2.24) is 5.32 Å². The monoisotopic (exact) mass is 528 g/mol. The highest BCUT2D eigenvalue weighted by molar-refractivity contribution is 9.09. The topological polar surface area (TPSA) is 142 Å². The zero-order valence-electron chi connectivity index (χ0n) is 17.7. The molecule has 0 saturated heterocycles. The molecule has 0 saturated carbocycles. The largest absolute Gasteiger partial charge is 0.496 e. The fourth-order valence-electron chi connectivity index (χ4n) is 2.36. The number of nitrogens with one attached hydrogen (secondary N) is 1. The standard InChI is InChI=1S/C19H21NO6S.C2H4BrNO/c1-25-17-9-8-15(10-16(17)13-27(2,23)24)19(22)20-11-18(21)26-12-14-6-4-3-5-7-14;3-1-2(4)5/h3-10H,11-13H2,1-2H3,(H,20,22);1H2,(H2,4,5). The van der Waals surface area contributed by atoms with Crippen LogP contribution in [-0.4, -0.2) is 51.4 Å². The molecule has 32 heavy (non-hydrogen) atoms. The molecule has 9 nitrogen and oxygen atoms in total. The van der Waals surface area contributed by atoms with Gasteiger partial charge in [0.25, 0.3) is 5.91 Å². The third-order valence-electron chi connectivity index (χ3n) is 3.73. The summed E-state index contributed by atoms with van der Waals surface area (Å²) >= 11 is 2.84. The molecule has 11 heteroatoms. The third-order valence-corrected chi connectivity index (χ3v) is 5.12. The van der Waals surface area contributed by atoms with E-state index < -0.39 is 21.7 Å². The number of benzene rings is 2. The first-order chi connectivity index (χ1) is 15.1. The molecule has 0 spiro atoms. The number of rotatable bonds is 9. The highest BCUT2D eigenvalue weighted by Crippen LogP contribution is 2.22. The lowest BCUT2D eigenvalue weighted by atomic mass is 10.1. The molecular weight excluding hydrogens is 504 g/mol. The van der Waals surface area contributed by atoms with Crippen molar-refractivity contribution in [3.05, 3.63) is 65.2 Å². The first kappa shape index (κ1) is 27.1. The first-order valence-electron chi connectivity index (χ1n) is 9.22. The molecule has 174 valence electrons. The molecule has 0 heterocycles. The number of halogens is 1. The van der Waals surface area contributed by atoms with E-state index in [2.05, 4.69) is 27.0 Å². The van der Waals surface area contributed by atoms with Crippen molar-refractivity contribution in [2.45, 2.75) is 12.4 Å². The third kappa shape index (κ3) is 10.9. The highest BCUT2D eigenvalue weighted by atomic mass is 79.9. The summed E-state index contributed by atoms with van der Waals surface area (Å²) in [6, 6.07) is 13.6. The summed E-state index contributed by atoms with van der Waals surface area (Å²) < 4.78 is 33.3. The number of amides is 2. The fourth-order valence-corrected chi connectivity index (χ4v) is 3.15. The number of nitrogens with two attached hydrogens (primary N) is 1. The molecule has 2 aromatic carbocycles. The van der Waals surface area contributed by atoms with E-state index in [4.69, 9.17) is 9.47 Å². The predicted octanol–water partition coefficient (Wildman–Crippen LogP) is 1.58. The summed E-state index contributed by atoms with van der Waals surface area (Å²) in [6.07, 6.45) is 1.10. The smallest absolute Gasteiger partial charge is 0.325 e. The summed E-state index contributed by atoms with van der Waals surface area (Å²) in [6.45, 7) is -0.171. The Morgan fingerprint density at radius 3 is 2.25 bits per heavy atom. The van der Waals surface area contributed by atoms with Gasteiger partial charge in [-0.3, -0.25) is 14.4 Å². The van der Waals surface area contributed by atoms with E-state index in [0.29, 0.717) is 11.3 Å². The van der Waals surface area contributed by atoms with Gasteiger partial charge < -0.3 is 20.5 Å². The Labute approximate surface area is 195 Å². The fraction of sp³-hybridized carbons (Fsp3) is 0.286. The van der Waals surface area contributed by atoms with E-state index in [0.717, 1.165) is 11.8 Å². The molecule has 0 bridgehead atoms. The molecule has 2 aromatic rings. The number of sulfone groups is 1. The Balaban J connectivity index is 0.000000920. The number of carbonyl (C=O) groups excluding carboxylic acids is 3. The number of hydrogen-bond acceptors (Lipinski definition) is 7. The van der Waals surface area contributed by atoms with Gasteiger partial charge in [-0.2, -0.15) is 0 Å². The average molecular weight is 529 g/mol. The van der Waals surface area contributed by atoms with Crippen LogP contribution in [0.25, 0.3) is 0 Å². The predicted molar refractivity (Wildman–Crippen MR) is 123 cm³/mol. The molecule has 0 aliphatic heterocycles. The second-order valence-electron chi connectivity index (χ2n) is 6.53.